The van der Waals surface area contributed by atoms with E-state index in [4.69, 9.17) is 0 Å². The van der Waals surface area contributed by atoms with Crippen molar-refractivity contribution in [2.45, 2.75) is 13.1 Å². The summed E-state index contributed by atoms with van der Waals surface area (Å²) in [6.45, 7) is 1.42. The molecule has 0 unspecified atom stereocenters. The van der Waals surface area contributed by atoms with E-state index in [0.29, 0.717) is 6.54 Å². The van der Waals surface area contributed by atoms with Crippen LogP contribution in [0.15, 0.2) is 46.0 Å². The third kappa shape index (κ3) is 5.66. The predicted molar refractivity (Wildman–Crippen MR) is 99.8 cm³/mol. The van der Waals surface area contributed by atoms with Crippen molar-refractivity contribution >= 4 is 45.9 Å². The van der Waals surface area contributed by atoms with Gasteiger partial charge in [0.05, 0.1) is 12.2 Å². The molecule has 1 aromatic heterocycles. The summed E-state index contributed by atoms with van der Waals surface area (Å²) in [5.74, 6) is 0.770. The summed E-state index contributed by atoms with van der Waals surface area (Å²) in [5, 5.41) is 10.7. The van der Waals surface area contributed by atoms with Gasteiger partial charge in [-0.3, -0.25) is 9.67 Å². The number of hydrogen-bond acceptors (Lipinski definition) is 2. The number of guanidine groups is 1. The normalized spacial score (nSPS) is 10.9. The Hall–Kier alpha value is -1.09. The highest BCUT2D eigenvalue weighted by Gasteiger charge is 2.01. The van der Waals surface area contributed by atoms with E-state index in [2.05, 4.69) is 48.8 Å². The molecule has 1 heterocycles. The molecule has 5 nitrogen and oxygen atoms in total. The number of nitrogens with one attached hydrogen (secondary N) is 2. The summed E-state index contributed by atoms with van der Waals surface area (Å²) in [4.78, 5) is 4.21. The first kappa shape index (κ1) is 18.0. The SMILES string of the molecule is CN=C(NCc1cccc(Br)c1)NCc1ccnn1C.I. The predicted octanol–water partition coefficient (Wildman–Crippen LogP) is 2.67. The Morgan fingerprint density at radius 3 is 2.67 bits per heavy atom. The van der Waals surface area contributed by atoms with Crippen molar-refractivity contribution in [3.8, 4) is 0 Å². The molecule has 0 amide bonds. The molecule has 21 heavy (non-hydrogen) atoms. The maximum atomic E-state index is 4.21. The van der Waals surface area contributed by atoms with Gasteiger partial charge in [-0.1, -0.05) is 28.1 Å². The minimum atomic E-state index is 0. The Bertz CT molecular complexity index is 597. The van der Waals surface area contributed by atoms with Crippen molar-refractivity contribution in [3.63, 3.8) is 0 Å². The number of halogens is 2. The lowest BCUT2D eigenvalue weighted by Gasteiger charge is -2.12. The van der Waals surface area contributed by atoms with Crippen LogP contribution in [-0.2, 0) is 20.1 Å². The first-order valence-electron chi connectivity index (χ1n) is 6.35. The van der Waals surface area contributed by atoms with Crippen molar-refractivity contribution in [2.75, 3.05) is 7.05 Å². The fraction of sp³-hybridized carbons (Fsp3) is 0.286. The van der Waals surface area contributed by atoms with E-state index in [1.54, 1.807) is 13.2 Å². The van der Waals surface area contributed by atoms with Gasteiger partial charge < -0.3 is 10.6 Å². The molecular formula is C14H19BrIN5. The second kappa shape index (κ2) is 9.04. The molecule has 0 aliphatic heterocycles. The largest absolute Gasteiger partial charge is 0.352 e. The monoisotopic (exact) mass is 463 g/mol. The number of benzene rings is 1. The Morgan fingerprint density at radius 2 is 2.05 bits per heavy atom. The van der Waals surface area contributed by atoms with Gasteiger partial charge in [-0.05, 0) is 23.8 Å². The summed E-state index contributed by atoms with van der Waals surface area (Å²) in [7, 11) is 3.69. The average molecular weight is 464 g/mol. The van der Waals surface area contributed by atoms with Gasteiger partial charge in [0.2, 0.25) is 0 Å². The van der Waals surface area contributed by atoms with Crippen molar-refractivity contribution in [2.24, 2.45) is 12.0 Å². The number of aromatic nitrogens is 2. The molecule has 0 atom stereocenters. The molecule has 0 aliphatic carbocycles. The van der Waals surface area contributed by atoms with Crippen LogP contribution in [0.25, 0.3) is 0 Å². The van der Waals surface area contributed by atoms with Crippen molar-refractivity contribution in [3.05, 3.63) is 52.3 Å². The molecule has 0 bridgehead atoms. The van der Waals surface area contributed by atoms with Gasteiger partial charge in [-0.15, -0.1) is 24.0 Å². The lowest BCUT2D eigenvalue weighted by molar-refractivity contribution is 0.684. The Labute approximate surface area is 150 Å². The summed E-state index contributed by atoms with van der Waals surface area (Å²) < 4.78 is 2.92. The third-order valence-corrected chi connectivity index (χ3v) is 3.43. The van der Waals surface area contributed by atoms with Crippen LogP contribution in [-0.4, -0.2) is 22.8 Å². The molecule has 2 rings (SSSR count). The van der Waals surface area contributed by atoms with Crippen LogP contribution in [0, 0.1) is 0 Å². The van der Waals surface area contributed by atoms with E-state index in [0.717, 1.165) is 22.7 Å². The standard InChI is InChI=1S/C14H18BrN5.HI/c1-16-14(18-10-13-6-7-19-20(13)2)17-9-11-4-3-5-12(15)8-11;/h3-8H,9-10H2,1-2H3,(H2,16,17,18);1H. The fourth-order valence-corrected chi connectivity index (χ4v) is 2.25. The number of rotatable bonds is 4. The first-order valence-corrected chi connectivity index (χ1v) is 7.14. The van der Waals surface area contributed by atoms with E-state index < -0.39 is 0 Å². The number of aliphatic imine (C=N–C) groups is 1. The first-order chi connectivity index (χ1) is 9.69. The van der Waals surface area contributed by atoms with E-state index in [9.17, 15) is 0 Å². The quantitative estimate of drug-likeness (QED) is 0.416. The van der Waals surface area contributed by atoms with Crippen molar-refractivity contribution in [1.82, 2.24) is 20.4 Å². The van der Waals surface area contributed by atoms with Crippen LogP contribution in [0.4, 0.5) is 0 Å². The zero-order valence-corrected chi connectivity index (χ0v) is 15.9. The Balaban J connectivity index is 0.00000220. The molecule has 0 radical (unpaired) electrons. The third-order valence-electron chi connectivity index (χ3n) is 2.93. The maximum Gasteiger partial charge on any atom is 0.191 e. The second-order valence-electron chi connectivity index (χ2n) is 4.36. The van der Waals surface area contributed by atoms with Crippen molar-refractivity contribution < 1.29 is 0 Å². The lowest BCUT2D eigenvalue weighted by atomic mass is 10.2. The topological polar surface area (TPSA) is 54.2 Å². The minimum absolute atomic E-state index is 0. The molecule has 2 N–H and O–H groups in total. The van der Waals surface area contributed by atoms with E-state index >= 15 is 0 Å². The van der Waals surface area contributed by atoms with Crippen molar-refractivity contribution in [1.29, 1.82) is 0 Å². The molecule has 0 aliphatic rings. The highest BCUT2D eigenvalue weighted by atomic mass is 127. The lowest BCUT2D eigenvalue weighted by Crippen LogP contribution is -2.36. The Morgan fingerprint density at radius 1 is 1.29 bits per heavy atom. The molecule has 114 valence electrons. The van der Waals surface area contributed by atoms with E-state index in [-0.39, 0.29) is 24.0 Å². The molecule has 2 aromatic rings. The highest BCUT2D eigenvalue weighted by Crippen LogP contribution is 2.11. The average Bonchev–Trinajstić information content (AvgIpc) is 2.85. The summed E-state index contributed by atoms with van der Waals surface area (Å²) in [5.41, 5.74) is 2.30. The van der Waals surface area contributed by atoms with Crippen LogP contribution in [0.5, 0.6) is 0 Å². The summed E-state index contributed by atoms with van der Waals surface area (Å²) >= 11 is 3.47. The van der Waals surface area contributed by atoms with Gasteiger partial charge in [-0.2, -0.15) is 5.10 Å². The molecule has 0 saturated heterocycles. The molecule has 0 spiro atoms. The van der Waals surface area contributed by atoms with Crippen LogP contribution < -0.4 is 10.6 Å². The minimum Gasteiger partial charge on any atom is -0.352 e. The van der Waals surface area contributed by atoms with Crippen LogP contribution in [0.2, 0.25) is 0 Å². The zero-order valence-electron chi connectivity index (χ0n) is 12.0. The highest BCUT2D eigenvalue weighted by molar-refractivity contribution is 14.0. The van der Waals surface area contributed by atoms with Gasteiger partial charge in [0.15, 0.2) is 5.96 Å². The van der Waals surface area contributed by atoms with Crippen LogP contribution in [0.1, 0.15) is 11.3 Å². The Kier molecular flexibility index (Phi) is 7.73. The van der Waals surface area contributed by atoms with Gasteiger partial charge >= 0.3 is 0 Å². The zero-order chi connectivity index (χ0) is 14.4. The van der Waals surface area contributed by atoms with Gasteiger partial charge in [0.1, 0.15) is 0 Å². The molecule has 0 fully saturated rings. The summed E-state index contributed by atoms with van der Waals surface area (Å²) in [6, 6.07) is 10.2. The fourth-order valence-electron chi connectivity index (χ4n) is 1.80. The van der Waals surface area contributed by atoms with E-state index in [1.807, 2.05) is 29.9 Å². The van der Waals surface area contributed by atoms with Gasteiger partial charge in [-0.25, -0.2) is 0 Å². The second-order valence-corrected chi connectivity index (χ2v) is 5.27. The van der Waals surface area contributed by atoms with Gasteiger partial charge in [0, 0.05) is 31.3 Å². The number of nitrogens with zero attached hydrogens (tertiary/aromatic N) is 3. The summed E-state index contributed by atoms with van der Waals surface area (Å²) in [6.07, 6.45) is 1.79. The molecule has 1 aromatic carbocycles. The van der Waals surface area contributed by atoms with Gasteiger partial charge in [0.25, 0.3) is 0 Å². The number of hydrogen-bond donors (Lipinski definition) is 2. The molecule has 0 saturated carbocycles. The van der Waals surface area contributed by atoms with Crippen LogP contribution >= 0.6 is 39.9 Å². The van der Waals surface area contributed by atoms with E-state index in [1.165, 1.54) is 5.56 Å². The number of aryl methyl sites for hydroxylation is 1. The molecule has 7 heteroatoms. The van der Waals surface area contributed by atoms with Crippen LogP contribution in [0.3, 0.4) is 0 Å². The maximum absolute atomic E-state index is 4.21. The smallest absolute Gasteiger partial charge is 0.191 e. The molecular weight excluding hydrogens is 445 g/mol.